The van der Waals surface area contributed by atoms with Crippen LogP contribution in [0.25, 0.3) is 10.9 Å². The first kappa shape index (κ1) is 26.4. The average molecular weight is 527 g/mol. The van der Waals surface area contributed by atoms with E-state index in [0.29, 0.717) is 31.1 Å². The van der Waals surface area contributed by atoms with Crippen molar-refractivity contribution in [3.63, 3.8) is 0 Å². The number of nitrogens with zero attached hydrogens (tertiary/aromatic N) is 5. The smallest absolute Gasteiger partial charge is 0.253 e. The van der Waals surface area contributed by atoms with E-state index in [1.807, 2.05) is 95.3 Å². The van der Waals surface area contributed by atoms with Crippen LogP contribution >= 0.6 is 0 Å². The van der Waals surface area contributed by atoms with Gasteiger partial charge in [-0.15, -0.1) is 5.10 Å². The van der Waals surface area contributed by atoms with E-state index in [4.69, 9.17) is 9.15 Å². The van der Waals surface area contributed by atoms with E-state index in [2.05, 4.69) is 25.4 Å². The van der Waals surface area contributed by atoms with Crippen molar-refractivity contribution in [2.45, 2.75) is 59.3 Å². The predicted octanol–water partition coefficient (Wildman–Crippen LogP) is 5.36. The Morgan fingerprint density at radius 3 is 2.56 bits per heavy atom. The van der Waals surface area contributed by atoms with Gasteiger partial charge in [0.15, 0.2) is 5.82 Å². The van der Waals surface area contributed by atoms with E-state index >= 15 is 0 Å². The number of pyridine rings is 1. The van der Waals surface area contributed by atoms with Crippen LogP contribution in [0, 0.1) is 6.92 Å². The lowest BCUT2D eigenvalue weighted by Gasteiger charge is -2.32. The zero-order valence-electron chi connectivity index (χ0n) is 23.0. The maximum atomic E-state index is 13.7. The summed E-state index contributed by atoms with van der Waals surface area (Å²) in [5.74, 6) is 2.17. The van der Waals surface area contributed by atoms with Crippen LogP contribution in [-0.4, -0.2) is 36.7 Å². The van der Waals surface area contributed by atoms with Crippen molar-refractivity contribution in [1.82, 2.24) is 30.1 Å². The average Bonchev–Trinajstić information content (AvgIpc) is 3.58. The third-order valence-electron chi connectivity index (χ3n) is 6.62. The number of fused-ring (bicyclic) bond motifs is 1. The second-order valence-electron chi connectivity index (χ2n) is 10.7. The van der Waals surface area contributed by atoms with Gasteiger partial charge in [-0.1, -0.05) is 24.3 Å². The first-order valence-electron chi connectivity index (χ1n) is 13.1. The number of benzene rings is 2. The van der Waals surface area contributed by atoms with Crippen LogP contribution in [0.5, 0.6) is 5.75 Å². The van der Waals surface area contributed by atoms with Gasteiger partial charge in [0.05, 0.1) is 25.0 Å². The van der Waals surface area contributed by atoms with Crippen molar-refractivity contribution in [2.24, 2.45) is 0 Å². The second-order valence-corrected chi connectivity index (χ2v) is 10.7. The highest BCUT2D eigenvalue weighted by Gasteiger charge is 2.34. The number of hydrogen-bond donors (Lipinski definition) is 1. The molecule has 1 unspecified atom stereocenters. The first-order valence-corrected chi connectivity index (χ1v) is 13.1. The standard InChI is InChI=1S/C30H34N6O3/c1-6-38-23-13-10-21(11-14-23)18-35(19-24-8-7-15-39-24)27(28-32-33-34-36(28)30(3,4)5)25-17-22-12-9-20(2)16-26(22)31-29(25)37/h7-17,27H,6,18-19H2,1-5H3,(H,31,37). The van der Waals surface area contributed by atoms with E-state index in [-0.39, 0.29) is 5.56 Å². The lowest BCUT2D eigenvalue weighted by atomic mass is 10.0. The molecule has 0 saturated heterocycles. The van der Waals surface area contributed by atoms with Gasteiger partial charge in [-0.3, -0.25) is 9.69 Å². The molecule has 3 heterocycles. The third-order valence-corrected chi connectivity index (χ3v) is 6.62. The van der Waals surface area contributed by atoms with Crippen LogP contribution in [-0.2, 0) is 18.6 Å². The maximum Gasteiger partial charge on any atom is 0.253 e. The summed E-state index contributed by atoms with van der Waals surface area (Å²) in [6.07, 6.45) is 1.66. The summed E-state index contributed by atoms with van der Waals surface area (Å²) in [5.41, 5.74) is 2.89. The lowest BCUT2D eigenvalue weighted by Crippen LogP contribution is -2.37. The highest BCUT2D eigenvalue weighted by Crippen LogP contribution is 2.32. The van der Waals surface area contributed by atoms with Crippen LogP contribution in [0.1, 0.15) is 62.0 Å². The molecule has 39 heavy (non-hydrogen) atoms. The number of aryl methyl sites for hydroxylation is 1. The van der Waals surface area contributed by atoms with Crippen molar-refractivity contribution in [3.8, 4) is 5.75 Å². The van der Waals surface area contributed by atoms with Crippen molar-refractivity contribution in [1.29, 1.82) is 0 Å². The minimum atomic E-state index is -0.564. The maximum absolute atomic E-state index is 13.7. The van der Waals surface area contributed by atoms with Gasteiger partial charge in [-0.25, -0.2) is 4.68 Å². The second kappa shape index (κ2) is 10.9. The predicted molar refractivity (Wildman–Crippen MR) is 150 cm³/mol. The van der Waals surface area contributed by atoms with Gasteiger partial charge in [0.1, 0.15) is 17.6 Å². The molecular formula is C30H34N6O3. The Bertz CT molecular complexity index is 1600. The van der Waals surface area contributed by atoms with Crippen LogP contribution in [0.4, 0.5) is 0 Å². The number of aromatic amines is 1. The Balaban J connectivity index is 1.68. The van der Waals surface area contributed by atoms with Crippen molar-refractivity contribution in [2.75, 3.05) is 6.61 Å². The number of H-pyrrole nitrogens is 1. The Kier molecular flexibility index (Phi) is 7.34. The highest BCUT2D eigenvalue weighted by molar-refractivity contribution is 5.79. The van der Waals surface area contributed by atoms with E-state index in [0.717, 1.165) is 33.5 Å². The zero-order chi connectivity index (χ0) is 27.6. The van der Waals surface area contributed by atoms with Crippen molar-refractivity contribution in [3.05, 3.63) is 106 Å². The van der Waals surface area contributed by atoms with Gasteiger partial charge in [-0.05, 0) is 98.0 Å². The summed E-state index contributed by atoms with van der Waals surface area (Å²) in [6.45, 7) is 11.7. The van der Waals surface area contributed by atoms with Crippen molar-refractivity contribution >= 4 is 10.9 Å². The number of aromatic nitrogens is 5. The minimum Gasteiger partial charge on any atom is -0.494 e. The number of nitrogens with one attached hydrogen (secondary N) is 1. The Labute approximate surface area is 227 Å². The molecule has 0 aliphatic rings. The summed E-state index contributed by atoms with van der Waals surface area (Å²) in [5, 5.41) is 13.8. The summed E-state index contributed by atoms with van der Waals surface area (Å²) in [4.78, 5) is 19.0. The molecule has 0 saturated carbocycles. The molecule has 5 rings (SSSR count). The topological polar surface area (TPSA) is 102 Å². The summed E-state index contributed by atoms with van der Waals surface area (Å²) in [7, 11) is 0. The van der Waals surface area contributed by atoms with E-state index in [9.17, 15) is 4.79 Å². The Morgan fingerprint density at radius 1 is 1.08 bits per heavy atom. The SMILES string of the molecule is CCOc1ccc(CN(Cc2ccco2)C(c2cc3ccc(C)cc3[nH]c2=O)c2nnnn2C(C)(C)C)cc1. The number of hydrogen-bond acceptors (Lipinski definition) is 7. The fourth-order valence-corrected chi connectivity index (χ4v) is 4.81. The molecular weight excluding hydrogens is 492 g/mol. The fraction of sp³-hybridized carbons (Fsp3) is 0.333. The lowest BCUT2D eigenvalue weighted by molar-refractivity contribution is 0.171. The number of tetrazole rings is 1. The zero-order valence-corrected chi connectivity index (χ0v) is 23.0. The normalized spacial score (nSPS) is 12.8. The first-order chi connectivity index (χ1) is 18.7. The monoisotopic (exact) mass is 526 g/mol. The van der Waals surface area contributed by atoms with Crippen LogP contribution in [0.2, 0.25) is 0 Å². The molecule has 0 spiro atoms. The Morgan fingerprint density at radius 2 is 1.87 bits per heavy atom. The van der Waals surface area contributed by atoms with Crippen LogP contribution in [0.15, 0.2) is 76.1 Å². The van der Waals surface area contributed by atoms with E-state index in [1.54, 1.807) is 10.9 Å². The minimum absolute atomic E-state index is 0.183. The van der Waals surface area contributed by atoms with E-state index in [1.165, 1.54) is 0 Å². The molecule has 1 N–H and O–H groups in total. The fourth-order valence-electron chi connectivity index (χ4n) is 4.81. The Hall–Kier alpha value is -4.24. The van der Waals surface area contributed by atoms with E-state index < -0.39 is 11.6 Å². The number of rotatable bonds is 9. The summed E-state index contributed by atoms with van der Waals surface area (Å²) >= 11 is 0. The van der Waals surface area contributed by atoms with Gasteiger partial charge < -0.3 is 14.1 Å². The summed E-state index contributed by atoms with van der Waals surface area (Å²) < 4.78 is 13.2. The van der Waals surface area contributed by atoms with Gasteiger partial charge in [-0.2, -0.15) is 0 Å². The quantitative estimate of drug-likeness (QED) is 0.276. The molecule has 9 heteroatoms. The number of furan rings is 1. The highest BCUT2D eigenvalue weighted by atomic mass is 16.5. The molecule has 0 aliphatic heterocycles. The molecule has 0 fully saturated rings. The summed E-state index contributed by atoms with van der Waals surface area (Å²) in [6, 6.07) is 19.2. The molecule has 0 aliphatic carbocycles. The molecule has 5 aromatic rings. The third kappa shape index (κ3) is 5.78. The van der Waals surface area contributed by atoms with Crippen LogP contribution < -0.4 is 10.3 Å². The number of ether oxygens (including phenoxy) is 1. The van der Waals surface area contributed by atoms with Gasteiger partial charge >= 0.3 is 0 Å². The van der Waals surface area contributed by atoms with Gasteiger partial charge in [0.25, 0.3) is 5.56 Å². The molecule has 3 aromatic heterocycles. The molecule has 2 aromatic carbocycles. The molecule has 0 radical (unpaired) electrons. The molecule has 1 atom stereocenters. The molecule has 0 amide bonds. The molecule has 9 nitrogen and oxygen atoms in total. The van der Waals surface area contributed by atoms with Gasteiger partial charge in [0.2, 0.25) is 0 Å². The molecule has 202 valence electrons. The van der Waals surface area contributed by atoms with Crippen molar-refractivity contribution < 1.29 is 9.15 Å². The van der Waals surface area contributed by atoms with Gasteiger partial charge in [0, 0.05) is 17.6 Å². The molecule has 0 bridgehead atoms. The van der Waals surface area contributed by atoms with Crippen LogP contribution in [0.3, 0.4) is 0 Å². The largest absolute Gasteiger partial charge is 0.494 e.